The Morgan fingerprint density at radius 1 is 1.38 bits per heavy atom. The smallest absolute Gasteiger partial charge is 0.129 e. The molecule has 0 spiro atoms. The van der Waals surface area contributed by atoms with Crippen molar-refractivity contribution in [2.45, 2.75) is 13.1 Å². The maximum atomic E-state index is 9.35. The molecule has 0 aliphatic heterocycles. The van der Waals surface area contributed by atoms with E-state index in [1.165, 1.54) is 4.88 Å². The van der Waals surface area contributed by atoms with E-state index in [9.17, 15) is 5.11 Å². The van der Waals surface area contributed by atoms with Gasteiger partial charge in [0.05, 0.1) is 9.98 Å². The number of aromatic nitrogens is 1. The molecule has 84 valence electrons. The van der Waals surface area contributed by atoms with Crippen LogP contribution in [0.4, 0.5) is 0 Å². The highest BCUT2D eigenvalue weighted by Crippen LogP contribution is 2.24. The highest BCUT2D eigenvalue weighted by atomic mass is 79.9. The first-order chi connectivity index (χ1) is 7.75. The van der Waals surface area contributed by atoms with Crippen molar-refractivity contribution in [1.29, 1.82) is 0 Å². The van der Waals surface area contributed by atoms with Gasteiger partial charge in [-0.1, -0.05) is 6.07 Å². The van der Waals surface area contributed by atoms with E-state index < -0.39 is 0 Å². The summed E-state index contributed by atoms with van der Waals surface area (Å²) in [5.41, 5.74) is 2.96. The molecule has 0 fully saturated rings. The fourth-order valence-corrected chi connectivity index (χ4v) is 2.31. The van der Waals surface area contributed by atoms with E-state index in [1.807, 2.05) is 23.8 Å². The Labute approximate surface area is 106 Å². The Bertz CT molecular complexity index is 459. The van der Waals surface area contributed by atoms with Gasteiger partial charge in [-0.2, -0.15) is 0 Å². The van der Waals surface area contributed by atoms with Gasteiger partial charge in [0.15, 0.2) is 0 Å². The van der Waals surface area contributed by atoms with Crippen LogP contribution in [0.25, 0.3) is 0 Å². The summed E-state index contributed by atoms with van der Waals surface area (Å²) in [4.78, 5) is 5.23. The van der Waals surface area contributed by atoms with E-state index in [2.05, 4.69) is 26.2 Å². The van der Waals surface area contributed by atoms with Gasteiger partial charge in [0.1, 0.15) is 5.75 Å². The second kappa shape index (κ2) is 5.43. The third-order valence-corrected chi connectivity index (χ3v) is 3.54. The van der Waals surface area contributed by atoms with Crippen LogP contribution >= 0.6 is 27.3 Å². The van der Waals surface area contributed by atoms with Crippen LogP contribution in [-0.2, 0) is 13.1 Å². The molecule has 0 unspecified atom stereocenters. The number of aromatic hydroxyl groups is 1. The summed E-state index contributed by atoms with van der Waals surface area (Å²) in [6.07, 6.45) is 1.87. The lowest BCUT2D eigenvalue weighted by Crippen LogP contribution is -2.11. The number of phenols is 1. The lowest BCUT2D eigenvalue weighted by Gasteiger charge is -2.04. The summed E-state index contributed by atoms with van der Waals surface area (Å²) < 4.78 is 0.726. The van der Waals surface area contributed by atoms with Crippen molar-refractivity contribution in [2.75, 3.05) is 0 Å². The van der Waals surface area contributed by atoms with Crippen LogP contribution in [0.15, 0.2) is 34.4 Å². The molecule has 0 amide bonds. The van der Waals surface area contributed by atoms with Gasteiger partial charge in [0, 0.05) is 24.2 Å². The normalized spacial score (nSPS) is 10.6. The fourth-order valence-electron chi connectivity index (χ4n) is 1.32. The minimum Gasteiger partial charge on any atom is -0.507 e. The molecule has 2 rings (SSSR count). The van der Waals surface area contributed by atoms with E-state index in [-0.39, 0.29) is 5.75 Å². The van der Waals surface area contributed by atoms with E-state index in [0.717, 1.165) is 23.1 Å². The predicted octanol–water partition coefficient (Wildman–Crippen LogP) is 2.90. The predicted molar refractivity (Wildman–Crippen MR) is 68.5 cm³/mol. The monoisotopic (exact) mass is 298 g/mol. The topological polar surface area (TPSA) is 45.1 Å². The Morgan fingerprint density at radius 3 is 2.94 bits per heavy atom. The molecule has 0 aliphatic carbocycles. The van der Waals surface area contributed by atoms with Gasteiger partial charge in [-0.3, -0.25) is 4.98 Å². The van der Waals surface area contributed by atoms with Crippen molar-refractivity contribution in [2.24, 2.45) is 0 Å². The van der Waals surface area contributed by atoms with Crippen molar-refractivity contribution in [3.8, 4) is 5.75 Å². The minimum atomic E-state index is 0.270. The third kappa shape index (κ3) is 3.04. The van der Waals surface area contributed by atoms with Gasteiger partial charge in [-0.25, -0.2) is 0 Å². The molecule has 1 heterocycles. The number of nitrogens with one attached hydrogen (secondary N) is 1. The number of thiazole rings is 1. The van der Waals surface area contributed by atoms with Crippen LogP contribution in [0, 0.1) is 0 Å². The quantitative estimate of drug-likeness (QED) is 0.912. The van der Waals surface area contributed by atoms with Crippen LogP contribution < -0.4 is 5.32 Å². The van der Waals surface area contributed by atoms with Crippen LogP contribution in [0.3, 0.4) is 0 Å². The second-order valence-electron chi connectivity index (χ2n) is 3.36. The molecular formula is C11H11BrN2OS. The SMILES string of the molecule is Oc1ccc(CNCc2cncs2)cc1Br. The zero-order chi connectivity index (χ0) is 11.4. The molecule has 2 aromatic rings. The van der Waals surface area contributed by atoms with Gasteiger partial charge < -0.3 is 10.4 Å². The lowest BCUT2D eigenvalue weighted by atomic mass is 10.2. The Balaban J connectivity index is 1.87. The maximum Gasteiger partial charge on any atom is 0.129 e. The molecule has 1 aromatic carbocycles. The van der Waals surface area contributed by atoms with E-state index >= 15 is 0 Å². The highest BCUT2D eigenvalue weighted by molar-refractivity contribution is 9.10. The standard InChI is InChI=1S/C11H11BrN2OS/c12-10-3-8(1-2-11(10)15)4-13-5-9-6-14-7-16-9/h1-3,6-7,13,15H,4-5H2. The molecule has 0 radical (unpaired) electrons. The first-order valence-electron chi connectivity index (χ1n) is 4.81. The highest BCUT2D eigenvalue weighted by Gasteiger charge is 2.00. The van der Waals surface area contributed by atoms with Crippen LogP contribution in [0.5, 0.6) is 5.75 Å². The number of nitrogens with zero attached hydrogens (tertiary/aromatic N) is 1. The molecule has 2 N–H and O–H groups in total. The van der Waals surface area contributed by atoms with Crippen LogP contribution in [0.1, 0.15) is 10.4 Å². The summed E-state index contributed by atoms with van der Waals surface area (Å²) in [7, 11) is 0. The number of benzene rings is 1. The van der Waals surface area contributed by atoms with E-state index in [1.54, 1.807) is 17.4 Å². The van der Waals surface area contributed by atoms with Gasteiger partial charge >= 0.3 is 0 Å². The average Bonchev–Trinajstić information content (AvgIpc) is 2.76. The molecule has 5 heteroatoms. The average molecular weight is 299 g/mol. The van der Waals surface area contributed by atoms with Crippen molar-refractivity contribution in [1.82, 2.24) is 10.3 Å². The third-order valence-electron chi connectivity index (χ3n) is 2.12. The van der Waals surface area contributed by atoms with Crippen LogP contribution in [0.2, 0.25) is 0 Å². The van der Waals surface area contributed by atoms with Gasteiger partial charge in [-0.15, -0.1) is 11.3 Å². The molecule has 1 aromatic heterocycles. The number of hydrogen-bond acceptors (Lipinski definition) is 4. The molecule has 16 heavy (non-hydrogen) atoms. The molecule has 0 aliphatic rings. The van der Waals surface area contributed by atoms with E-state index in [4.69, 9.17) is 0 Å². The number of hydrogen-bond donors (Lipinski definition) is 2. The summed E-state index contributed by atoms with van der Waals surface area (Å²) in [6, 6.07) is 5.50. The zero-order valence-corrected chi connectivity index (χ0v) is 10.9. The second-order valence-corrected chi connectivity index (χ2v) is 5.18. The molecular weight excluding hydrogens is 288 g/mol. The molecule has 3 nitrogen and oxygen atoms in total. The largest absolute Gasteiger partial charge is 0.507 e. The van der Waals surface area contributed by atoms with Crippen molar-refractivity contribution in [3.63, 3.8) is 0 Å². The first kappa shape index (κ1) is 11.6. The molecule has 0 bridgehead atoms. The van der Waals surface area contributed by atoms with Gasteiger partial charge in [-0.05, 0) is 33.6 Å². The summed E-state index contributed by atoms with van der Waals surface area (Å²) in [5, 5.41) is 12.7. The van der Waals surface area contributed by atoms with E-state index in [0.29, 0.717) is 0 Å². The first-order valence-corrected chi connectivity index (χ1v) is 6.48. The van der Waals surface area contributed by atoms with Gasteiger partial charge in [0.2, 0.25) is 0 Å². The van der Waals surface area contributed by atoms with Crippen molar-refractivity contribution < 1.29 is 5.11 Å². The Hall–Kier alpha value is -0.910. The Kier molecular flexibility index (Phi) is 3.93. The summed E-state index contributed by atoms with van der Waals surface area (Å²) in [5.74, 6) is 0.270. The van der Waals surface area contributed by atoms with Crippen molar-refractivity contribution in [3.05, 3.63) is 44.8 Å². The molecule has 0 saturated heterocycles. The number of phenolic OH excluding ortho intramolecular Hbond substituents is 1. The maximum absolute atomic E-state index is 9.35. The lowest BCUT2D eigenvalue weighted by molar-refractivity contribution is 0.471. The molecule has 0 saturated carbocycles. The van der Waals surface area contributed by atoms with Gasteiger partial charge in [0.25, 0.3) is 0 Å². The van der Waals surface area contributed by atoms with Crippen molar-refractivity contribution >= 4 is 27.3 Å². The number of rotatable bonds is 4. The minimum absolute atomic E-state index is 0.270. The van der Waals surface area contributed by atoms with Crippen LogP contribution in [-0.4, -0.2) is 10.1 Å². The summed E-state index contributed by atoms with van der Waals surface area (Å²) >= 11 is 4.93. The fraction of sp³-hybridized carbons (Fsp3) is 0.182. The number of halogens is 1. The Morgan fingerprint density at radius 2 is 2.25 bits per heavy atom. The molecule has 0 atom stereocenters. The summed E-state index contributed by atoms with van der Waals surface area (Å²) in [6.45, 7) is 1.60. The zero-order valence-electron chi connectivity index (χ0n) is 8.48.